The van der Waals surface area contributed by atoms with Gasteiger partial charge in [0.15, 0.2) is 0 Å². The molecule has 2 amide bonds. The van der Waals surface area contributed by atoms with Crippen molar-refractivity contribution in [2.75, 3.05) is 13.1 Å². The number of amides is 2. The lowest BCUT2D eigenvalue weighted by Crippen LogP contribution is -2.44. The van der Waals surface area contributed by atoms with E-state index in [1.807, 2.05) is 49.9 Å². The first-order valence-corrected chi connectivity index (χ1v) is 8.61. The van der Waals surface area contributed by atoms with Crippen molar-refractivity contribution in [3.05, 3.63) is 34.9 Å². The second kappa shape index (κ2) is 7.82. The summed E-state index contributed by atoms with van der Waals surface area (Å²) < 4.78 is 0. The third-order valence-electron chi connectivity index (χ3n) is 4.40. The van der Waals surface area contributed by atoms with Crippen LogP contribution in [0.25, 0.3) is 0 Å². The van der Waals surface area contributed by atoms with Crippen LogP contribution in [0, 0.1) is 11.8 Å². The predicted octanol–water partition coefficient (Wildman–Crippen LogP) is 3.41. The van der Waals surface area contributed by atoms with Gasteiger partial charge >= 0.3 is 0 Å². The summed E-state index contributed by atoms with van der Waals surface area (Å²) in [6.45, 7) is 7.14. The van der Waals surface area contributed by atoms with Gasteiger partial charge in [0, 0.05) is 29.9 Å². The molecule has 0 saturated carbocycles. The molecule has 1 saturated heterocycles. The van der Waals surface area contributed by atoms with E-state index >= 15 is 0 Å². The van der Waals surface area contributed by atoms with E-state index in [1.54, 1.807) is 0 Å². The lowest BCUT2D eigenvalue weighted by atomic mass is 9.94. The van der Waals surface area contributed by atoms with Gasteiger partial charge < -0.3 is 10.2 Å². The summed E-state index contributed by atoms with van der Waals surface area (Å²) in [5.74, 6) is 0.258. The lowest BCUT2D eigenvalue weighted by Gasteiger charge is -2.33. The van der Waals surface area contributed by atoms with E-state index in [1.165, 1.54) is 0 Å². The highest BCUT2D eigenvalue weighted by Crippen LogP contribution is 2.21. The van der Waals surface area contributed by atoms with E-state index in [2.05, 4.69) is 5.32 Å². The van der Waals surface area contributed by atoms with Crippen LogP contribution in [0.5, 0.6) is 0 Å². The fraction of sp³-hybridized carbons (Fsp3) is 0.556. The van der Waals surface area contributed by atoms with Crippen LogP contribution >= 0.6 is 11.6 Å². The number of carbonyl (C=O) groups is 2. The Labute approximate surface area is 143 Å². The molecule has 0 aromatic heterocycles. The second-order valence-corrected chi connectivity index (χ2v) is 6.97. The van der Waals surface area contributed by atoms with Crippen molar-refractivity contribution in [1.82, 2.24) is 10.2 Å². The van der Waals surface area contributed by atoms with Gasteiger partial charge in [0.2, 0.25) is 11.8 Å². The molecule has 0 radical (unpaired) electrons. The minimum atomic E-state index is -0.0462. The van der Waals surface area contributed by atoms with E-state index in [4.69, 9.17) is 11.6 Å². The van der Waals surface area contributed by atoms with Gasteiger partial charge in [0.25, 0.3) is 0 Å². The molecule has 0 aliphatic carbocycles. The molecular weight excluding hydrogens is 312 g/mol. The van der Waals surface area contributed by atoms with E-state index in [-0.39, 0.29) is 29.7 Å². The molecule has 1 atom stereocenters. The largest absolute Gasteiger partial charge is 0.349 e. The molecule has 1 fully saturated rings. The Bertz CT molecular complexity index is 549. The fourth-order valence-corrected chi connectivity index (χ4v) is 3.02. The van der Waals surface area contributed by atoms with Crippen molar-refractivity contribution < 1.29 is 9.59 Å². The lowest BCUT2D eigenvalue weighted by molar-refractivity contribution is -0.138. The average molecular weight is 337 g/mol. The van der Waals surface area contributed by atoms with Gasteiger partial charge in [-0.3, -0.25) is 9.59 Å². The van der Waals surface area contributed by atoms with Crippen LogP contribution in [0.3, 0.4) is 0 Å². The molecule has 1 aromatic rings. The molecule has 23 heavy (non-hydrogen) atoms. The molecule has 1 heterocycles. The van der Waals surface area contributed by atoms with E-state index in [0.29, 0.717) is 18.1 Å². The third-order valence-corrected chi connectivity index (χ3v) is 4.65. The van der Waals surface area contributed by atoms with Crippen molar-refractivity contribution in [2.24, 2.45) is 11.8 Å². The Balaban J connectivity index is 1.85. The third kappa shape index (κ3) is 4.71. The molecule has 4 nitrogen and oxygen atoms in total. The van der Waals surface area contributed by atoms with Crippen molar-refractivity contribution in [1.29, 1.82) is 0 Å². The highest BCUT2D eigenvalue weighted by atomic mass is 35.5. The van der Waals surface area contributed by atoms with Crippen molar-refractivity contribution >= 4 is 23.4 Å². The topological polar surface area (TPSA) is 49.4 Å². The number of rotatable bonds is 4. The number of hydrogen-bond donors (Lipinski definition) is 1. The monoisotopic (exact) mass is 336 g/mol. The van der Waals surface area contributed by atoms with Gasteiger partial charge in [-0.25, -0.2) is 0 Å². The number of hydrogen-bond acceptors (Lipinski definition) is 2. The van der Waals surface area contributed by atoms with Crippen molar-refractivity contribution in [3.8, 4) is 0 Å². The maximum absolute atomic E-state index is 12.4. The van der Waals surface area contributed by atoms with Crippen LogP contribution in [0.2, 0.25) is 5.02 Å². The molecule has 1 aliphatic rings. The van der Waals surface area contributed by atoms with Crippen LogP contribution in [0.15, 0.2) is 24.3 Å². The number of carbonyl (C=O) groups excluding carboxylic acids is 2. The van der Waals surface area contributed by atoms with Crippen molar-refractivity contribution in [2.45, 2.75) is 39.7 Å². The van der Waals surface area contributed by atoms with Gasteiger partial charge in [-0.15, -0.1) is 0 Å². The highest BCUT2D eigenvalue weighted by Gasteiger charge is 2.28. The summed E-state index contributed by atoms with van der Waals surface area (Å²) in [5, 5.41) is 3.76. The second-order valence-electron chi connectivity index (χ2n) is 6.54. The molecule has 1 aromatic carbocycles. The number of likely N-dealkylation sites (tertiary alicyclic amines) is 1. The predicted molar refractivity (Wildman–Crippen MR) is 92.2 cm³/mol. The Kier molecular flexibility index (Phi) is 6.05. The highest BCUT2D eigenvalue weighted by molar-refractivity contribution is 6.30. The molecule has 5 heteroatoms. The van der Waals surface area contributed by atoms with Gasteiger partial charge in [-0.2, -0.15) is 0 Å². The van der Waals surface area contributed by atoms with Crippen LogP contribution in [-0.2, 0) is 9.59 Å². The molecular formula is C18H25ClN2O2. The SMILES string of the molecule is CC(C)C(=O)N1CCC(C(=O)NC(C)c2ccc(Cl)cc2)CC1. The smallest absolute Gasteiger partial charge is 0.225 e. The molecule has 126 valence electrons. The zero-order chi connectivity index (χ0) is 17.0. The van der Waals surface area contributed by atoms with Crippen LogP contribution in [-0.4, -0.2) is 29.8 Å². The molecule has 1 N–H and O–H groups in total. The maximum Gasteiger partial charge on any atom is 0.225 e. The summed E-state index contributed by atoms with van der Waals surface area (Å²) >= 11 is 5.89. The minimum absolute atomic E-state index is 0.0130. The number of piperidine rings is 1. The van der Waals surface area contributed by atoms with Gasteiger partial charge in [-0.05, 0) is 37.5 Å². The quantitative estimate of drug-likeness (QED) is 0.916. The Morgan fingerprint density at radius 2 is 1.70 bits per heavy atom. The Morgan fingerprint density at radius 3 is 2.22 bits per heavy atom. The molecule has 0 spiro atoms. The van der Waals surface area contributed by atoms with Crippen molar-refractivity contribution in [3.63, 3.8) is 0 Å². The first-order valence-electron chi connectivity index (χ1n) is 8.23. The fourth-order valence-electron chi connectivity index (χ4n) is 2.89. The van der Waals surface area contributed by atoms with E-state index in [9.17, 15) is 9.59 Å². The number of nitrogens with zero attached hydrogens (tertiary/aromatic N) is 1. The zero-order valence-corrected chi connectivity index (χ0v) is 14.8. The van der Waals surface area contributed by atoms with Crippen LogP contribution in [0.4, 0.5) is 0 Å². The Hall–Kier alpha value is -1.55. The first-order chi connectivity index (χ1) is 10.9. The number of benzene rings is 1. The molecule has 0 bridgehead atoms. The van der Waals surface area contributed by atoms with Gasteiger partial charge in [0.1, 0.15) is 0 Å². The summed E-state index contributed by atoms with van der Waals surface area (Å²) in [4.78, 5) is 26.3. The van der Waals surface area contributed by atoms with Crippen LogP contribution < -0.4 is 5.32 Å². The first kappa shape index (κ1) is 17.8. The number of nitrogens with one attached hydrogen (secondary N) is 1. The van der Waals surface area contributed by atoms with E-state index < -0.39 is 0 Å². The zero-order valence-electron chi connectivity index (χ0n) is 14.0. The van der Waals surface area contributed by atoms with E-state index in [0.717, 1.165) is 18.4 Å². The standard InChI is InChI=1S/C18H25ClN2O2/c1-12(2)18(23)21-10-8-15(9-11-21)17(22)20-13(3)14-4-6-16(19)7-5-14/h4-7,12-13,15H,8-11H2,1-3H3,(H,20,22). The normalized spacial score (nSPS) is 17.2. The summed E-state index contributed by atoms with van der Waals surface area (Å²) in [6.07, 6.45) is 1.47. The minimum Gasteiger partial charge on any atom is -0.349 e. The Morgan fingerprint density at radius 1 is 1.13 bits per heavy atom. The molecule has 2 rings (SSSR count). The molecule has 1 unspecified atom stereocenters. The summed E-state index contributed by atoms with van der Waals surface area (Å²) in [7, 11) is 0. The average Bonchev–Trinajstić information content (AvgIpc) is 2.54. The van der Waals surface area contributed by atoms with Gasteiger partial charge in [0.05, 0.1) is 6.04 Å². The van der Waals surface area contributed by atoms with Gasteiger partial charge in [-0.1, -0.05) is 37.6 Å². The van der Waals surface area contributed by atoms with Crippen LogP contribution in [0.1, 0.15) is 45.2 Å². The summed E-state index contributed by atoms with van der Waals surface area (Å²) in [5.41, 5.74) is 1.04. The maximum atomic E-state index is 12.4. The summed E-state index contributed by atoms with van der Waals surface area (Å²) in [6, 6.07) is 7.47. The molecule has 1 aliphatic heterocycles. The number of halogens is 1.